The van der Waals surface area contributed by atoms with E-state index >= 15 is 0 Å². The van der Waals surface area contributed by atoms with Crippen LogP contribution >= 0.6 is 0 Å². The first kappa shape index (κ1) is 13.9. The topological polar surface area (TPSA) is 93.4 Å². The lowest BCUT2D eigenvalue weighted by Crippen LogP contribution is -2.45. The van der Waals surface area contributed by atoms with E-state index in [0.29, 0.717) is 19.1 Å². The van der Waals surface area contributed by atoms with Crippen molar-refractivity contribution in [2.45, 2.75) is 37.8 Å². The first-order valence-corrected chi connectivity index (χ1v) is 5.95. The van der Waals surface area contributed by atoms with Crippen molar-refractivity contribution >= 4 is 11.8 Å². The number of nitrogens with one attached hydrogen (secondary N) is 2. The van der Waals surface area contributed by atoms with Crippen molar-refractivity contribution in [3.8, 4) is 0 Å². The summed E-state index contributed by atoms with van der Waals surface area (Å²) < 4.78 is 4.87. The van der Waals surface area contributed by atoms with Gasteiger partial charge in [-0.25, -0.2) is 0 Å². The van der Waals surface area contributed by atoms with Crippen LogP contribution in [-0.2, 0) is 14.3 Å². The molecule has 1 unspecified atom stereocenters. The van der Waals surface area contributed by atoms with Crippen LogP contribution in [-0.4, -0.2) is 44.2 Å². The van der Waals surface area contributed by atoms with Crippen molar-refractivity contribution < 1.29 is 14.3 Å². The third kappa shape index (κ3) is 6.23. The molecular formula is C11H21N3O3. The summed E-state index contributed by atoms with van der Waals surface area (Å²) in [6.45, 7) is 0.594. The molecule has 0 heterocycles. The van der Waals surface area contributed by atoms with Crippen LogP contribution in [0, 0.1) is 0 Å². The van der Waals surface area contributed by atoms with Gasteiger partial charge < -0.3 is 21.1 Å². The molecule has 0 aromatic carbocycles. The Balaban J connectivity index is 2.07. The molecule has 0 aromatic rings. The number of hydrogen-bond donors (Lipinski definition) is 3. The Labute approximate surface area is 101 Å². The van der Waals surface area contributed by atoms with Gasteiger partial charge in [0, 0.05) is 19.8 Å². The second kappa shape index (κ2) is 7.24. The molecule has 1 rings (SSSR count). The summed E-state index contributed by atoms with van der Waals surface area (Å²) in [7, 11) is 1.60. The quantitative estimate of drug-likeness (QED) is 0.483. The average molecular weight is 243 g/mol. The fourth-order valence-electron chi connectivity index (χ4n) is 1.38. The monoisotopic (exact) mass is 243 g/mol. The average Bonchev–Trinajstić information content (AvgIpc) is 3.10. The van der Waals surface area contributed by atoms with E-state index < -0.39 is 6.04 Å². The molecule has 17 heavy (non-hydrogen) atoms. The SMILES string of the molecule is COCCCC(N)C(=O)NCC(=O)NC1CC1. The molecule has 0 spiro atoms. The largest absolute Gasteiger partial charge is 0.385 e. The number of carbonyl (C=O) groups is 2. The van der Waals surface area contributed by atoms with E-state index in [0.717, 1.165) is 19.3 Å². The van der Waals surface area contributed by atoms with E-state index in [-0.39, 0.29) is 18.4 Å². The molecule has 0 saturated heterocycles. The smallest absolute Gasteiger partial charge is 0.239 e. The number of ether oxygens (including phenoxy) is 1. The van der Waals surface area contributed by atoms with Gasteiger partial charge in [-0.15, -0.1) is 0 Å². The highest BCUT2D eigenvalue weighted by Crippen LogP contribution is 2.18. The summed E-state index contributed by atoms with van der Waals surface area (Å²) in [6.07, 6.45) is 3.37. The highest BCUT2D eigenvalue weighted by molar-refractivity contribution is 5.87. The standard InChI is InChI=1S/C11H21N3O3/c1-17-6-2-3-9(12)11(16)13-7-10(15)14-8-4-5-8/h8-9H,2-7,12H2,1H3,(H,13,16)(H,14,15). The van der Waals surface area contributed by atoms with E-state index in [2.05, 4.69) is 10.6 Å². The highest BCUT2D eigenvalue weighted by atomic mass is 16.5. The number of nitrogens with two attached hydrogens (primary N) is 1. The minimum atomic E-state index is -0.570. The maximum atomic E-state index is 11.5. The third-order valence-corrected chi connectivity index (χ3v) is 2.57. The second-order valence-electron chi connectivity index (χ2n) is 4.30. The highest BCUT2D eigenvalue weighted by Gasteiger charge is 2.23. The molecule has 98 valence electrons. The van der Waals surface area contributed by atoms with Crippen LogP contribution < -0.4 is 16.4 Å². The molecule has 1 aliphatic rings. The summed E-state index contributed by atoms with van der Waals surface area (Å²) in [5.74, 6) is -0.433. The maximum Gasteiger partial charge on any atom is 0.239 e. The van der Waals surface area contributed by atoms with Gasteiger partial charge in [-0.1, -0.05) is 0 Å². The lowest BCUT2D eigenvalue weighted by Gasteiger charge is -2.11. The van der Waals surface area contributed by atoms with Gasteiger partial charge in [0.2, 0.25) is 11.8 Å². The van der Waals surface area contributed by atoms with Crippen LogP contribution in [0.4, 0.5) is 0 Å². The molecule has 2 amide bonds. The van der Waals surface area contributed by atoms with Crippen LogP contribution in [0.5, 0.6) is 0 Å². The summed E-state index contributed by atoms with van der Waals surface area (Å²) >= 11 is 0. The van der Waals surface area contributed by atoms with Crippen LogP contribution in [0.25, 0.3) is 0 Å². The number of hydrogen-bond acceptors (Lipinski definition) is 4. The Kier molecular flexibility index (Phi) is 5.93. The van der Waals surface area contributed by atoms with Crippen molar-refractivity contribution in [1.82, 2.24) is 10.6 Å². The normalized spacial score (nSPS) is 16.4. The van der Waals surface area contributed by atoms with Crippen molar-refractivity contribution in [3.63, 3.8) is 0 Å². The van der Waals surface area contributed by atoms with E-state index in [1.165, 1.54) is 0 Å². The van der Waals surface area contributed by atoms with Crippen molar-refractivity contribution in [2.75, 3.05) is 20.3 Å². The van der Waals surface area contributed by atoms with E-state index in [1.807, 2.05) is 0 Å². The Morgan fingerprint density at radius 1 is 1.47 bits per heavy atom. The maximum absolute atomic E-state index is 11.5. The van der Waals surface area contributed by atoms with Gasteiger partial charge in [-0.05, 0) is 25.7 Å². The van der Waals surface area contributed by atoms with Gasteiger partial charge in [0.15, 0.2) is 0 Å². The summed E-state index contributed by atoms with van der Waals surface area (Å²) in [5.41, 5.74) is 5.66. The van der Waals surface area contributed by atoms with Crippen molar-refractivity contribution in [2.24, 2.45) is 5.73 Å². The zero-order chi connectivity index (χ0) is 12.7. The van der Waals surface area contributed by atoms with E-state index in [1.54, 1.807) is 7.11 Å². The van der Waals surface area contributed by atoms with Crippen LogP contribution in [0.15, 0.2) is 0 Å². The van der Waals surface area contributed by atoms with E-state index in [9.17, 15) is 9.59 Å². The molecule has 1 aliphatic carbocycles. The number of carbonyl (C=O) groups excluding carboxylic acids is 2. The van der Waals surface area contributed by atoms with Gasteiger partial charge in [-0.3, -0.25) is 9.59 Å². The first-order valence-electron chi connectivity index (χ1n) is 5.95. The van der Waals surface area contributed by atoms with Crippen LogP contribution in [0.2, 0.25) is 0 Å². The lowest BCUT2D eigenvalue weighted by atomic mass is 10.1. The fourth-order valence-corrected chi connectivity index (χ4v) is 1.38. The summed E-state index contributed by atoms with van der Waals surface area (Å²) in [5, 5.41) is 5.31. The van der Waals surface area contributed by atoms with Gasteiger partial charge in [0.25, 0.3) is 0 Å². The number of rotatable bonds is 8. The number of methoxy groups -OCH3 is 1. The molecule has 0 bridgehead atoms. The molecule has 6 heteroatoms. The molecule has 0 aromatic heterocycles. The predicted molar refractivity (Wildman–Crippen MR) is 63.3 cm³/mol. The van der Waals surface area contributed by atoms with Gasteiger partial charge in [0.05, 0.1) is 12.6 Å². The molecule has 1 fully saturated rings. The zero-order valence-electron chi connectivity index (χ0n) is 10.2. The van der Waals surface area contributed by atoms with Crippen molar-refractivity contribution in [3.05, 3.63) is 0 Å². The first-order chi connectivity index (χ1) is 8.13. The summed E-state index contributed by atoms with van der Waals surface area (Å²) in [4.78, 5) is 22.8. The molecule has 1 atom stereocenters. The molecule has 0 radical (unpaired) electrons. The van der Waals surface area contributed by atoms with Gasteiger partial charge in [0.1, 0.15) is 0 Å². The minimum absolute atomic E-state index is 0.00725. The second-order valence-corrected chi connectivity index (χ2v) is 4.30. The lowest BCUT2D eigenvalue weighted by molar-refractivity contribution is -0.127. The Morgan fingerprint density at radius 3 is 2.76 bits per heavy atom. The fraction of sp³-hybridized carbons (Fsp3) is 0.818. The molecule has 1 saturated carbocycles. The van der Waals surface area contributed by atoms with Gasteiger partial charge in [-0.2, -0.15) is 0 Å². The molecule has 0 aliphatic heterocycles. The Bertz CT molecular complexity index is 267. The Morgan fingerprint density at radius 2 is 2.18 bits per heavy atom. The molecular weight excluding hydrogens is 222 g/mol. The molecule has 6 nitrogen and oxygen atoms in total. The zero-order valence-corrected chi connectivity index (χ0v) is 10.2. The summed E-state index contributed by atoms with van der Waals surface area (Å²) in [6, 6.07) is -0.256. The van der Waals surface area contributed by atoms with E-state index in [4.69, 9.17) is 10.5 Å². The van der Waals surface area contributed by atoms with Crippen LogP contribution in [0.3, 0.4) is 0 Å². The Hall–Kier alpha value is -1.14. The molecule has 4 N–H and O–H groups in total. The van der Waals surface area contributed by atoms with Gasteiger partial charge >= 0.3 is 0 Å². The van der Waals surface area contributed by atoms with Crippen molar-refractivity contribution in [1.29, 1.82) is 0 Å². The predicted octanol–water partition coefficient (Wildman–Crippen LogP) is -0.865. The third-order valence-electron chi connectivity index (χ3n) is 2.57. The minimum Gasteiger partial charge on any atom is -0.385 e. The van der Waals surface area contributed by atoms with Crippen LogP contribution in [0.1, 0.15) is 25.7 Å². The number of amides is 2.